The van der Waals surface area contributed by atoms with Crippen molar-refractivity contribution >= 4 is 5.91 Å². The molecule has 1 amide bonds. The normalized spacial score (nSPS) is 14.4. The number of nitrogens with zero attached hydrogens (tertiary/aromatic N) is 3. The average molecular weight is 405 g/mol. The van der Waals surface area contributed by atoms with E-state index >= 15 is 0 Å². The second-order valence-electron chi connectivity index (χ2n) is 7.63. The lowest BCUT2D eigenvalue weighted by Crippen LogP contribution is -2.30. The van der Waals surface area contributed by atoms with Crippen LogP contribution < -0.4 is 10.1 Å². The van der Waals surface area contributed by atoms with Crippen molar-refractivity contribution in [2.24, 2.45) is 0 Å². The SMILES string of the molecule is COc1ccc(-n2ccc(C(=O)NCc3ccccc3CN3CCCCC3)n2)cc1. The molecule has 6 nitrogen and oxygen atoms in total. The number of carbonyl (C=O) groups is 1. The first-order valence-corrected chi connectivity index (χ1v) is 10.5. The number of methoxy groups -OCH3 is 1. The first-order chi connectivity index (χ1) is 14.7. The van der Waals surface area contributed by atoms with E-state index in [1.54, 1.807) is 24.1 Å². The minimum Gasteiger partial charge on any atom is -0.497 e. The average Bonchev–Trinajstić information content (AvgIpc) is 3.29. The molecule has 1 aliphatic heterocycles. The van der Waals surface area contributed by atoms with E-state index in [0.29, 0.717) is 12.2 Å². The van der Waals surface area contributed by atoms with Gasteiger partial charge >= 0.3 is 0 Å². The molecule has 1 aromatic heterocycles. The third-order valence-electron chi connectivity index (χ3n) is 5.56. The molecule has 0 radical (unpaired) electrons. The molecule has 2 aromatic carbocycles. The number of hydrogen-bond donors (Lipinski definition) is 1. The predicted octanol–water partition coefficient (Wildman–Crippen LogP) is 3.80. The molecule has 30 heavy (non-hydrogen) atoms. The summed E-state index contributed by atoms with van der Waals surface area (Å²) in [7, 11) is 1.63. The molecule has 0 bridgehead atoms. The molecule has 6 heteroatoms. The summed E-state index contributed by atoms with van der Waals surface area (Å²) < 4.78 is 6.88. The third-order valence-corrected chi connectivity index (χ3v) is 5.56. The van der Waals surface area contributed by atoms with Crippen LogP contribution in [0.15, 0.2) is 60.8 Å². The Hall–Kier alpha value is -3.12. The molecule has 4 rings (SSSR count). The number of hydrogen-bond acceptors (Lipinski definition) is 4. The molecule has 1 saturated heterocycles. The Morgan fingerprint density at radius 3 is 2.47 bits per heavy atom. The Morgan fingerprint density at radius 1 is 1.00 bits per heavy atom. The summed E-state index contributed by atoms with van der Waals surface area (Å²) in [6.45, 7) is 3.75. The van der Waals surface area contributed by atoms with Crippen LogP contribution in [0.3, 0.4) is 0 Å². The van der Waals surface area contributed by atoms with Crippen LogP contribution in [0.1, 0.15) is 40.9 Å². The van der Waals surface area contributed by atoms with E-state index in [2.05, 4.69) is 33.5 Å². The number of piperidine rings is 1. The molecule has 1 N–H and O–H groups in total. The standard InChI is InChI=1S/C24H28N4O2/c1-30-22-11-9-21(10-12-22)28-16-13-23(26-28)24(29)25-17-19-7-3-4-8-20(19)18-27-14-5-2-6-15-27/h3-4,7-13,16H,2,5-6,14-15,17-18H2,1H3,(H,25,29). The summed E-state index contributed by atoms with van der Waals surface area (Å²) in [4.78, 5) is 15.1. The quantitative estimate of drug-likeness (QED) is 0.651. The van der Waals surface area contributed by atoms with Crippen molar-refractivity contribution in [2.75, 3.05) is 20.2 Å². The number of likely N-dealkylation sites (tertiary alicyclic amines) is 1. The molecule has 0 aliphatic carbocycles. The molecule has 156 valence electrons. The van der Waals surface area contributed by atoms with Gasteiger partial charge in [-0.05, 0) is 67.4 Å². The summed E-state index contributed by atoms with van der Waals surface area (Å²) in [5, 5.41) is 7.44. The maximum atomic E-state index is 12.6. The van der Waals surface area contributed by atoms with E-state index in [0.717, 1.165) is 36.6 Å². The van der Waals surface area contributed by atoms with Crippen LogP contribution in [0.4, 0.5) is 0 Å². The van der Waals surface area contributed by atoms with Gasteiger partial charge in [0, 0.05) is 19.3 Å². The van der Waals surface area contributed by atoms with Gasteiger partial charge in [0.05, 0.1) is 12.8 Å². The van der Waals surface area contributed by atoms with Crippen LogP contribution in [0.2, 0.25) is 0 Å². The second kappa shape index (κ2) is 9.59. The predicted molar refractivity (Wildman–Crippen MR) is 117 cm³/mol. The monoisotopic (exact) mass is 404 g/mol. The van der Waals surface area contributed by atoms with Crippen molar-refractivity contribution in [1.82, 2.24) is 20.0 Å². The van der Waals surface area contributed by atoms with E-state index < -0.39 is 0 Å². The van der Waals surface area contributed by atoms with Crippen LogP contribution in [0.5, 0.6) is 5.75 Å². The van der Waals surface area contributed by atoms with Crippen molar-refractivity contribution < 1.29 is 9.53 Å². The number of amides is 1. The van der Waals surface area contributed by atoms with Crippen LogP contribution in [0.25, 0.3) is 5.69 Å². The molecule has 0 unspecified atom stereocenters. The Labute approximate surface area is 177 Å². The zero-order chi connectivity index (χ0) is 20.8. The largest absolute Gasteiger partial charge is 0.497 e. The molecule has 0 atom stereocenters. The number of carbonyl (C=O) groups excluding carboxylic acids is 1. The van der Waals surface area contributed by atoms with Crippen LogP contribution >= 0.6 is 0 Å². The summed E-state index contributed by atoms with van der Waals surface area (Å²) in [6.07, 6.45) is 5.67. The summed E-state index contributed by atoms with van der Waals surface area (Å²) >= 11 is 0. The number of aromatic nitrogens is 2. The van der Waals surface area contributed by atoms with E-state index in [-0.39, 0.29) is 5.91 Å². The van der Waals surface area contributed by atoms with Gasteiger partial charge in [-0.2, -0.15) is 5.10 Å². The zero-order valence-corrected chi connectivity index (χ0v) is 17.4. The maximum Gasteiger partial charge on any atom is 0.272 e. The van der Waals surface area contributed by atoms with Crippen molar-refractivity contribution in [3.63, 3.8) is 0 Å². The minimum absolute atomic E-state index is 0.171. The fourth-order valence-corrected chi connectivity index (χ4v) is 3.83. The molecular weight excluding hydrogens is 376 g/mol. The number of ether oxygens (including phenoxy) is 1. The van der Waals surface area contributed by atoms with Crippen molar-refractivity contribution in [3.05, 3.63) is 77.6 Å². The molecule has 0 saturated carbocycles. The highest BCUT2D eigenvalue weighted by atomic mass is 16.5. The Morgan fingerprint density at radius 2 is 1.73 bits per heavy atom. The fraction of sp³-hybridized carbons (Fsp3) is 0.333. The summed E-state index contributed by atoms with van der Waals surface area (Å²) in [5.74, 6) is 0.613. The Bertz CT molecular complexity index is 975. The smallest absolute Gasteiger partial charge is 0.272 e. The van der Waals surface area contributed by atoms with Crippen LogP contribution in [-0.4, -0.2) is 40.8 Å². The highest BCUT2D eigenvalue weighted by Gasteiger charge is 2.14. The van der Waals surface area contributed by atoms with Gasteiger partial charge in [0.1, 0.15) is 5.75 Å². The number of rotatable bonds is 7. The summed E-state index contributed by atoms with van der Waals surface area (Å²) in [5.41, 5.74) is 3.72. The van der Waals surface area contributed by atoms with Gasteiger partial charge in [0.25, 0.3) is 5.91 Å². The highest BCUT2D eigenvalue weighted by molar-refractivity contribution is 5.92. The molecular formula is C24H28N4O2. The van der Waals surface area contributed by atoms with Crippen LogP contribution in [-0.2, 0) is 13.1 Å². The van der Waals surface area contributed by atoms with Gasteiger partial charge in [-0.1, -0.05) is 30.7 Å². The van der Waals surface area contributed by atoms with Crippen molar-refractivity contribution in [2.45, 2.75) is 32.4 Å². The lowest BCUT2D eigenvalue weighted by Gasteiger charge is -2.27. The maximum absolute atomic E-state index is 12.6. The lowest BCUT2D eigenvalue weighted by molar-refractivity contribution is 0.0945. The number of nitrogens with one attached hydrogen (secondary N) is 1. The molecule has 2 heterocycles. The van der Waals surface area contributed by atoms with E-state index in [4.69, 9.17) is 4.74 Å². The van der Waals surface area contributed by atoms with E-state index in [1.807, 2.05) is 30.3 Å². The topological polar surface area (TPSA) is 59.4 Å². The van der Waals surface area contributed by atoms with Gasteiger partial charge in [-0.25, -0.2) is 4.68 Å². The molecule has 1 fully saturated rings. The Balaban J connectivity index is 1.38. The summed E-state index contributed by atoms with van der Waals surface area (Å²) in [6, 6.07) is 17.6. The third kappa shape index (κ3) is 4.89. The molecule has 1 aliphatic rings. The van der Waals surface area contributed by atoms with Crippen LogP contribution in [0, 0.1) is 0 Å². The van der Waals surface area contributed by atoms with Gasteiger partial charge in [0.15, 0.2) is 5.69 Å². The fourth-order valence-electron chi connectivity index (χ4n) is 3.83. The first-order valence-electron chi connectivity index (χ1n) is 10.5. The second-order valence-corrected chi connectivity index (χ2v) is 7.63. The van der Waals surface area contributed by atoms with Gasteiger partial charge in [0.2, 0.25) is 0 Å². The highest BCUT2D eigenvalue weighted by Crippen LogP contribution is 2.17. The lowest BCUT2D eigenvalue weighted by atomic mass is 10.0. The van der Waals surface area contributed by atoms with Crippen molar-refractivity contribution in [3.8, 4) is 11.4 Å². The van der Waals surface area contributed by atoms with Crippen molar-refractivity contribution in [1.29, 1.82) is 0 Å². The Kier molecular flexibility index (Phi) is 6.44. The van der Waals surface area contributed by atoms with Gasteiger partial charge in [-0.15, -0.1) is 0 Å². The molecule has 3 aromatic rings. The first kappa shape index (κ1) is 20.2. The van der Waals surface area contributed by atoms with Gasteiger partial charge < -0.3 is 10.1 Å². The van der Waals surface area contributed by atoms with Gasteiger partial charge in [-0.3, -0.25) is 9.69 Å². The number of benzene rings is 2. The van der Waals surface area contributed by atoms with E-state index in [9.17, 15) is 4.79 Å². The molecule has 0 spiro atoms. The zero-order valence-electron chi connectivity index (χ0n) is 17.4. The minimum atomic E-state index is -0.171. The van der Waals surface area contributed by atoms with E-state index in [1.165, 1.54) is 24.8 Å².